The van der Waals surface area contributed by atoms with Crippen molar-refractivity contribution < 1.29 is 107 Å². The molecule has 0 rings (SSSR count). The topological polar surface area (TPSA) is 191 Å². The van der Waals surface area contributed by atoms with Crippen LogP contribution < -0.4 is 77.7 Å². The molecule has 0 aliphatic rings. The van der Waals surface area contributed by atoms with Crippen LogP contribution in [0.5, 0.6) is 0 Å². The number of hydrogen-bond donors (Lipinski definition) is 3. The van der Waals surface area contributed by atoms with Crippen LogP contribution in [0.2, 0.25) is 0 Å². The van der Waals surface area contributed by atoms with Crippen molar-refractivity contribution in [3.05, 3.63) is 0 Å². The van der Waals surface area contributed by atoms with Crippen LogP contribution in [-0.2, 0) is 20.8 Å². The minimum atomic E-state index is -5.17. The van der Waals surface area contributed by atoms with E-state index in [9.17, 15) is 0 Å². The van der Waals surface area contributed by atoms with Crippen molar-refractivity contribution in [1.82, 2.24) is 6.15 Å². The summed E-state index contributed by atoms with van der Waals surface area (Å²) >= 11 is 0. The molecule has 0 aromatic carbocycles. The Hall–Kier alpha value is 1.99. The molecule has 0 amide bonds. The summed E-state index contributed by atoms with van der Waals surface area (Å²) in [5.74, 6) is 0. The molecule has 14 heteroatoms. The zero-order valence-corrected chi connectivity index (χ0v) is 13.9. The minimum absolute atomic E-state index is 0. The first-order valence-electron chi connectivity index (χ1n) is 1.37. The second-order valence-electron chi connectivity index (χ2n) is 0.856. The monoisotopic (exact) mass is 293 g/mol. The molecule has 0 aliphatic carbocycles. The first-order chi connectivity index (χ1) is 4.00. The Labute approximate surface area is 132 Å². The third-order valence-corrected chi connectivity index (χ3v) is 0. The van der Waals surface area contributed by atoms with Crippen LogP contribution in [0.4, 0.5) is 0 Å². The molecule has 0 unspecified atom stereocenters. The van der Waals surface area contributed by atoms with Crippen LogP contribution in [-0.4, -0.2) is 35.0 Å². The first kappa shape index (κ1) is 36.0. The van der Waals surface area contributed by atoms with Crippen molar-refractivity contribution >= 4 is 20.8 Å². The Morgan fingerprint density at radius 1 is 0.857 bits per heavy atom. The van der Waals surface area contributed by atoms with Gasteiger partial charge in [-0.2, -0.15) is 8.42 Å². The van der Waals surface area contributed by atoms with E-state index in [1.807, 2.05) is 0 Å². The smallest absolute Gasteiger partial charge is 1.00 e. The average molecular weight is 294 g/mol. The molecule has 0 spiro atoms. The van der Waals surface area contributed by atoms with Crippen LogP contribution in [0.1, 0.15) is 0 Å². The summed E-state index contributed by atoms with van der Waals surface area (Å²) in [6.07, 6.45) is 0. The maximum atomic E-state index is 8.74. The number of hydrogen-bond acceptors (Lipinski definition) is 6. The number of rotatable bonds is 0. The molecule has 0 aliphatic heterocycles. The van der Waals surface area contributed by atoms with Crippen molar-refractivity contribution in [2.75, 3.05) is 0 Å². The van der Waals surface area contributed by atoms with Gasteiger partial charge in [-0.3, -0.25) is 17.5 Å². The molecule has 6 N–H and O–H groups in total. The van der Waals surface area contributed by atoms with Gasteiger partial charge in [-0.1, -0.05) is 0 Å². The zero-order valence-electron chi connectivity index (χ0n) is 7.54. The molecule has 9 nitrogen and oxygen atoms in total. The molecule has 0 saturated heterocycles. The molecular weight excluding hydrogens is 288 g/mol. The molecule has 0 aromatic rings. The Balaban J connectivity index is -0.0000000178. The van der Waals surface area contributed by atoms with E-state index in [1.54, 1.807) is 0 Å². The summed E-state index contributed by atoms with van der Waals surface area (Å²) in [7, 11) is -9.83. The summed E-state index contributed by atoms with van der Waals surface area (Å²) in [6.45, 7) is 0. The van der Waals surface area contributed by atoms with Gasteiger partial charge in [0.1, 0.15) is 0 Å². The van der Waals surface area contributed by atoms with E-state index < -0.39 is 20.8 Å². The molecule has 0 radical (unpaired) electrons. The van der Waals surface area contributed by atoms with Gasteiger partial charge in [0, 0.05) is 10.4 Å². The average Bonchev–Trinajstić information content (AvgIpc) is 1.12. The SMILES string of the molecule is O=S(=O)(O)O.O=S(=O)([O-])[O-].[Cl-].[NH4+].[Na+].[Na+]. The maximum absolute atomic E-state index is 8.74. The van der Waals surface area contributed by atoms with Crippen LogP contribution in [0.25, 0.3) is 0 Å². The van der Waals surface area contributed by atoms with Crippen molar-refractivity contribution in [2.45, 2.75) is 0 Å². The third-order valence-electron chi connectivity index (χ3n) is 0. The van der Waals surface area contributed by atoms with Gasteiger partial charge in [0.2, 0.25) is 0 Å². The minimum Gasteiger partial charge on any atom is -1.00 e. The van der Waals surface area contributed by atoms with E-state index in [-0.39, 0.29) is 77.7 Å². The van der Waals surface area contributed by atoms with Gasteiger partial charge < -0.3 is 27.7 Å². The van der Waals surface area contributed by atoms with E-state index in [0.29, 0.717) is 0 Å². The largest absolute Gasteiger partial charge is 1.00 e. The van der Waals surface area contributed by atoms with Crippen LogP contribution >= 0.6 is 0 Å². The normalized spacial score (nSPS) is 8.29. The fraction of sp³-hybridized carbons (Fsp3) is 0. The van der Waals surface area contributed by atoms with Crippen molar-refractivity contribution in [1.29, 1.82) is 0 Å². The van der Waals surface area contributed by atoms with E-state index in [4.69, 9.17) is 35.0 Å². The van der Waals surface area contributed by atoms with E-state index in [2.05, 4.69) is 0 Å². The van der Waals surface area contributed by atoms with Crippen LogP contribution in [0.15, 0.2) is 0 Å². The second-order valence-corrected chi connectivity index (χ2v) is 2.57. The van der Waals surface area contributed by atoms with Crippen molar-refractivity contribution in [3.8, 4) is 0 Å². The summed E-state index contributed by atoms with van der Waals surface area (Å²) in [5, 5.41) is 0. The van der Waals surface area contributed by atoms with Gasteiger partial charge in [-0.05, 0) is 0 Å². The zero-order chi connectivity index (χ0) is 9.00. The van der Waals surface area contributed by atoms with Gasteiger partial charge in [0.05, 0.1) is 0 Å². The summed E-state index contributed by atoms with van der Waals surface area (Å²) < 4.78 is 65.7. The molecular formula is H6ClNNa2O8S2. The summed E-state index contributed by atoms with van der Waals surface area (Å²) in [6, 6.07) is 0. The number of quaternary nitrogens is 1. The van der Waals surface area contributed by atoms with Gasteiger partial charge in [0.25, 0.3) is 0 Å². The standard InChI is InChI=1S/ClH.H3N.2Na.2H2O4S/c;;;;2*1-5(2,3)4/h1H;1H3;;;2*(H2,1,2,3,4)/q;;2*+1;;/p-2. The van der Waals surface area contributed by atoms with Gasteiger partial charge in [-0.25, -0.2) is 0 Å². The van der Waals surface area contributed by atoms with Crippen molar-refractivity contribution in [2.24, 2.45) is 0 Å². The Bertz CT molecular complexity index is 222. The first-order valence-corrected chi connectivity index (χ1v) is 4.10. The van der Waals surface area contributed by atoms with E-state index in [1.165, 1.54) is 0 Å². The predicted molar refractivity (Wildman–Crippen MR) is 30.6 cm³/mol. The molecule has 0 saturated carbocycles. The number of halogens is 1. The molecule has 0 fully saturated rings. The molecule has 0 bridgehead atoms. The fourth-order valence-electron chi connectivity index (χ4n) is 0. The molecule has 0 atom stereocenters. The molecule has 0 heterocycles. The van der Waals surface area contributed by atoms with Crippen molar-refractivity contribution in [3.63, 3.8) is 0 Å². The Morgan fingerprint density at radius 2 is 0.857 bits per heavy atom. The summed E-state index contributed by atoms with van der Waals surface area (Å²) in [5.41, 5.74) is 0. The summed E-state index contributed by atoms with van der Waals surface area (Å²) in [4.78, 5) is 0. The predicted octanol–water partition coefficient (Wildman–Crippen LogP) is -10.6. The molecule has 80 valence electrons. The maximum Gasteiger partial charge on any atom is 1.00 e. The fourth-order valence-corrected chi connectivity index (χ4v) is 0. The second kappa shape index (κ2) is 15.0. The quantitative estimate of drug-likeness (QED) is 0.222. The van der Waals surface area contributed by atoms with E-state index >= 15 is 0 Å². The van der Waals surface area contributed by atoms with Gasteiger partial charge >= 0.3 is 69.5 Å². The van der Waals surface area contributed by atoms with Crippen LogP contribution in [0, 0.1) is 0 Å². The third kappa shape index (κ3) is 596. The molecule has 14 heavy (non-hydrogen) atoms. The Kier molecular flexibility index (Phi) is 38.5. The van der Waals surface area contributed by atoms with Crippen LogP contribution in [0.3, 0.4) is 0 Å². The van der Waals surface area contributed by atoms with Gasteiger partial charge in [0.15, 0.2) is 0 Å². The van der Waals surface area contributed by atoms with Gasteiger partial charge in [-0.15, -0.1) is 0 Å². The molecule has 0 aromatic heterocycles. The van der Waals surface area contributed by atoms with E-state index in [0.717, 1.165) is 0 Å². The Morgan fingerprint density at radius 3 is 0.857 bits per heavy atom.